The molecule has 1 aliphatic rings. The number of carbonyl (C=O) groups is 2. The van der Waals surface area contributed by atoms with Crippen molar-refractivity contribution in [2.45, 2.75) is 38.1 Å². The molecule has 1 N–H and O–H groups in total. The highest BCUT2D eigenvalue weighted by Crippen LogP contribution is 2.33. The number of carbonyl (C=O) groups excluding carboxylic acids is 2. The molecule has 0 atom stereocenters. The van der Waals surface area contributed by atoms with Crippen LogP contribution in [0.2, 0.25) is 0 Å². The average Bonchev–Trinajstić information content (AvgIpc) is 3.14. The number of hydrogen-bond donors (Lipinski definition) is 1. The molecule has 132 valence electrons. The quantitative estimate of drug-likeness (QED) is 0.863. The highest BCUT2D eigenvalue weighted by Gasteiger charge is 2.44. The van der Waals surface area contributed by atoms with Gasteiger partial charge in [0.2, 0.25) is 5.76 Å². The second-order valence-corrected chi connectivity index (χ2v) is 6.65. The summed E-state index contributed by atoms with van der Waals surface area (Å²) in [6, 6.07) is 11.0. The molecule has 1 heterocycles. The van der Waals surface area contributed by atoms with Crippen LogP contribution in [0.4, 0.5) is 0 Å². The van der Waals surface area contributed by atoms with Gasteiger partial charge in [0.25, 0.3) is 5.91 Å². The first-order valence-corrected chi connectivity index (χ1v) is 8.47. The van der Waals surface area contributed by atoms with Gasteiger partial charge in [0, 0.05) is 11.6 Å². The normalized spacial score (nSPS) is 23.0. The van der Waals surface area contributed by atoms with Crippen molar-refractivity contribution in [2.24, 2.45) is 5.92 Å². The summed E-state index contributed by atoms with van der Waals surface area (Å²) in [6.07, 6.45) is 2.85. The van der Waals surface area contributed by atoms with Crippen molar-refractivity contribution in [1.82, 2.24) is 10.5 Å². The Hall–Kier alpha value is -2.63. The van der Waals surface area contributed by atoms with Crippen LogP contribution in [0.15, 0.2) is 40.9 Å². The molecule has 0 aliphatic heterocycles. The van der Waals surface area contributed by atoms with Crippen molar-refractivity contribution >= 4 is 11.9 Å². The Bertz CT molecular complexity index is 746. The Labute approximate surface area is 146 Å². The summed E-state index contributed by atoms with van der Waals surface area (Å²) in [5.74, 6) is -0.240. The van der Waals surface area contributed by atoms with Crippen molar-refractivity contribution in [2.75, 3.05) is 7.11 Å². The molecule has 3 rings (SSSR count). The second-order valence-electron chi connectivity index (χ2n) is 6.65. The van der Waals surface area contributed by atoms with Gasteiger partial charge in [-0.15, -0.1) is 0 Å². The lowest BCUT2D eigenvalue weighted by Crippen LogP contribution is -2.56. The van der Waals surface area contributed by atoms with Gasteiger partial charge in [0.05, 0.1) is 7.11 Å². The number of esters is 1. The van der Waals surface area contributed by atoms with E-state index in [0.717, 1.165) is 18.4 Å². The van der Waals surface area contributed by atoms with Crippen LogP contribution in [-0.2, 0) is 9.53 Å². The summed E-state index contributed by atoms with van der Waals surface area (Å²) in [5.41, 5.74) is 0.451. The summed E-state index contributed by atoms with van der Waals surface area (Å²) >= 11 is 0. The van der Waals surface area contributed by atoms with Crippen molar-refractivity contribution in [3.8, 4) is 11.3 Å². The van der Waals surface area contributed by atoms with Crippen molar-refractivity contribution in [3.63, 3.8) is 0 Å². The van der Waals surface area contributed by atoms with Gasteiger partial charge in [-0.25, -0.2) is 4.79 Å². The van der Waals surface area contributed by atoms with Crippen LogP contribution in [0.25, 0.3) is 11.3 Å². The highest BCUT2D eigenvalue weighted by molar-refractivity contribution is 5.96. The molecule has 0 bridgehead atoms. The lowest BCUT2D eigenvalue weighted by atomic mass is 9.77. The number of nitrogens with zero attached hydrogens (tertiary/aromatic N) is 1. The fraction of sp³-hybridized carbons (Fsp3) is 0.421. The summed E-state index contributed by atoms with van der Waals surface area (Å²) in [7, 11) is 1.34. The second kappa shape index (κ2) is 7.09. The molecule has 0 unspecified atom stereocenters. The van der Waals surface area contributed by atoms with E-state index in [1.165, 1.54) is 7.11 Å². The van der Waals surface area contributed by atoms with E-state index in [1.54, 1.807) is 6.07 Å². The van der Waals surface area contributed by atoms with Gasteiger partial charge < -0.3 is 14.6 Å². The van der Waals surface area contributed by atoms with E-state index in [4.69, 9.17) is 9.26 Å². The van der Waals surface area contributed by atoms with Gasteiger partial charge in [0.1, 0.15) is 11.2 Å². The number of ether oxygens (including phenoxy) is 1. The smallest absolute Gasteiger partial charge is 0.331 e. The Morgan fingerprint density at radius 1 is 1.24 bits per heavy atom. The van der Waals surface area contributed by atoms with Gasteiger partial charge in [-0.3, -0.25) is 4.79 Å². The fourth-order valence-electron chi connectivity index (χ4n) is 3.24. The molecule has 6 heteroatoms. The summed E-state index contributed by atoms with van der Waals surface area (Å²) < 4.78 is 10.1. The van der Waals surface area contributed by atoms with Crippen LogP contribution in [0, 0.1) is 5.92 Å². The minimum atomic E-state index is -0.988. The summed E-state index contributed by atoms with van der Waals surface area (Å²) in [6.45, 7) is 2.14. The number of benzene rings is 1. The number of rotatable bonds is 4. The molecule has 1 aliphatic carbocycles. The van der Waals surface area contributed by atoms with E-state index in [0.29, 0.717) is 24.5 Å². The maximum Gasteiger partial charge on any atom is 0.331 e. The molecule has 1 aromatic carbocycles. The zero-order chi connectivity index (χ0) is 17.9. The first-order chi connectivity index (χ1) is 12.0. The SMILES string of the molecule is COC(=O)C1(NC(=O)c2cc(-c3ccccc3)no2)CCC(C)CC1. The predicted octanol–water partition coefficient (Wildman–Crippen LogP) is 3.19. The maximum absolute atomic E-state index is 12.6. The summed E-state index contributed by atoms with van der Waals surface area (Å²) in [4.78, 5) is 24.9. The zero-order valence-electron chi connectivity index (χ0n) is 14.5. The van der Waals surface area contributed by atoms with Crippen LogP contribution in [0.5, 0.6) is 0 Å². The third kappa shape index (κ3) is 3.57. The number of nitrogens with one attached hydrogen (secondary N) is 1. The van der Waals surface area contributed by atoms with Gasteiger partial charge in [-0.2, -0.15) is 0 Å². The molecule has 0 radical (unpaired) electrons. The number of hydrogen-bond acceptors (Lipinski definition) is 5. The third-order valence-corrected chi connectivity index (χ3v) is 4.86. The molecule has 1 amide bonds. The number of methoxy groups -OCH3 is 1. The van der Waals surface area contributed by atoms with Crippen LogP contribution >= 0.6 is 0 Å². The topological polar surface area (TPSA) is 81.4 Å². The molecule has 1 fully saturated rings. The molecule has 1 aromatic heterocycles. The highest BCUT2D eigenvalue weighted by atomic mass is 16.5. The van der Waals surface area contributed by atoms with Gasteiger partial charge in [-0.1, -0.05) is 42.4 Å². The van der Waals surface area contributed by atoms with Crippen molar-refractivity contribution in [3.05, 3.63) is 42.2 Å². The zero-order valence-corrected chi connectivity index (χ0v) is 14.5. The largest absolute Gasteiger partial charge is 0.467 e. The number of amides is 1. The molecule has 25 heavy (non-hydrogen) atoms. The van der Waals surface area contributed by atoms with Crippen molar-refractivity contribution in [1.29, 1.82) is 0 Å². The average molecular weight is 342 g/mol. The van der Waals surface area contributed by atoms with E-state index in [1.807, 2.05) is 30.3 Å². The minimum Gasteiger partial charge on any atom is -0.467 e. The van der Waals surface area contributed by atoms with E-state index in [9.17, 15) is 9.59 Å². The third-order valence-electron chi connectivity index (χ3n) is 4.86. The van der Waals surface area contributed by atoms with E-state index in [2.05, 4.69) is 17.4 Å². The van der Waals surface area contributed by atoms with Crippen LogP contribution in [0.1, 0.15) is 43.2 Å². The molecule has 6 nitrogen and oxygen atoms in total. The van der Waals surface area contributed by atoms with Gasteiger partial charge in [0.15, 0.2) is 0 Å². The molecule has 1 saturated carbocycles. The Morgan fingerprint density at radius 3 is 2.56 bits per heavy atom. The molecular weight excluding hydrogens is 320 g/mol. The van der Waals surface area contributed by atoms with Crippen LogP contribution in [0.3, 0.4) is 0 Å². The Kier molecular flexibility index (Phi) is 4.88. The van der Waals surface area contributed by atoms with E-state index >= 15 is 0 Å². The molecule has 0 saturated heterocycles. The van der Waals surface area contributed by atoms with E-state index < -0.39 is 17.4 Å². The number of aromatic nitrogens is 1. The Balaban J connectivity index is 1.78. The maximum atomic E-state index is 12.6. The van der Waals surface area contributed by atoms with Crippen LogP contribution in [-0.4, -0.2) is 29.7 Å². The molecule has 2 aromatic rings. The fourth-order valence-corrected chi connectivity index (χ4v) is 3.24. The Morgan fingerprint density at radius 2 is 1.92 bits per heavy atom. The molecule has 0 spiro atoms. The monoisotopic (exact) mass is 342 g/mol. The first-order valence-electron chi connectivity index (χ1n) is 8.47. The standard InChI is InChI=1S/C19H22N2O4/c1-13-8-10-19(11-9-13,18(23)24-2)20-17(22)16-12-15(21-25-16)14-6-4-3-5-7-14/h3-7,12-13H,8-11H2,1-2H3,(H,20,22). The first kappa shape index (κ1) is 17.2. The predicted molar refractivity (Wildman–Crippen MR) is 91.8 cm³/mol. The molecular formula is C19H22N2O4. The van der Waals surface area contributed by atoms with E-state index in [-0.39, 0.29) is 5.76 Å². The van der Waals surface area contributed by atoms with Gasteiger partial charge in [-0.05, 0) is 31.6 Å². The summed E-state index contributed by atoms with van der Waals surface area (Å²) in [5, 5.41) is 6.79. The minimum absolute atomic E-state index is 0.0840. The van der Waals surface area contributed by atoms with Crippen molar-refractivity contribution < 1.29 is 18.8 Å². The van der Waals surface area contributed by atoms with Crippen LogP contribution < -0.4 is 5.32 Å². The lowest BCUT2D eigenvalue weighted by Gasteiger charge is -2.37. The lowest BCUT2D eigenvalue weighted by molar-refractivity contribution is -0.150. The van der Waals surface area contributed by atoms with Gasteiger partial charge >= 0.3 is 5.97 Å².